The fourth-order valence-electron chi connectivity index (χ4n) is 1.96. The van der Waals surface area contributed by atoms with E-state index >= 15 is 0 Å². The van der Waals surface area contributed by atoms with Crippen molar-refractivity contribution in [3.8, 4) is 9.88 Å². The van der Waals surface area contributed by atoms with E-state index < -0.39 is 0 Å². The van der Waals surface area contributed by atoms with Crippen LogP contribution in [0.1, 0.15) is 10.4 Å². The molecule has 0 bridgehead atoms. The summed E-state index contributed by atoms with van der Waals surface area (Å²) in [4.78, 5) is 17.6. The van der Waals surface area contributed by atoms with Crippen LogP contribution >= 0.6 is 45.8 Å². The SMILES string of the molecule is O=C(Nc1cnc(Sc2nnc(-c3cccs3)s2)s1)c1ccccc1. The number of hydrogen-bond donors (Lipinski definition) is 1. The third-order valence-electron chi connectivity index (χ3n) is 3.07. The fraction of sp³-hybridized carbons (Fsp3) is 0. The van der Waals surface area contributed by atoms with Crippen molar-refractivity contribution in [1.82, 2.24) is 15.2 Å². The molecule has 3 aromatic heterocycles. The van der Waals surface area contributed by atoms with Crippen LogP contribution in [0.25, 0.3) is 9.88 Å². The molecule has 0 aliphatic carbocycles. The van der Waals surface area contributed by atoms with Crippen molar-refractivity contribution in [3.63, 3.8) is 0 Å². The average Bonchev–Trinajstić information content (AvgIpc) is 3.37. The summed E-state index contributed by atoms with van der Waals surface area (Å²) in [5.74, 6) is -0.142. The molecular weight excluding hydrogens is 392 g/mol. The van der Waals surface area contributed by atoms with Gasteiger partial charge in [0, 0.05) is 5.56 Å². The van der Waals surface area contributed by atoms with Gasteiger partial charge in [-0.1, -0.05) is 46.9 Å². The third kappa shape index (κ3) is 3.96. The molecule has 0 unspecified atom stereocenters. The van der Waals surface area contributed by atoms with Crippen LogP contribution in [0.2, 0.25) is 0 Å². The second-order valence-electron chi connectivity index (χ2n) is 4.76. The lowest BCUT2D eigenvalue weighted by Gasteiger charge is -2.00. The van der Waals surface area contributed by atoms with E-state index in [2.05, 4.69) is 20.5 Å². The number of carbonyl (C=O) groups is 1. The largest absolute Gasteiger partial charge is 0.312 e. The van der Waals surface area contributed by atoms with E-state index in [0.29, 0.717) is 10.6 Å². The monoisotopic (exact) mass is 402 g/mol. The molecule has 1 aromatic carbocycles. The quantitative estimate of drug-likeness (QED) is 0.501. The highest BCUT2D eigenvalue weighted by molar-refractivity contribution is 8.02. The van der Waals surface area contributed by atoms with Crippen molar-refractivity contribution in [2.75, 3.05) is 5.32 Å². The molecule has 0 aliphatic rings. The van der Waals surface area contributed by atoms with Gasteiger partial charge in [-0.2, -0.15) is 0 Å². The summed E-state index contributed by atoms with van der Waals surface area (Å²) >= 11 is 6.05. The smallest absolute Gasteiger partial charge is 0.256 e. The van der Waals surface area contributed by atoms with Crippen molar-refractivity contribution < 1.29 is 4.79 Å². The standard InChI is InChI=1S/C16H10N4OS4/c21-13(10-5-2-1-3-6-10)18-12-9-17-15(23-12)25-16-20-19-14(24-16)11-7-4-8-22-11/h1-9H,(H,18,21). The van der Waals surface area contributed by atoms with Crippen LogP contribution in [0.5, 0.6) is 0 Å². The summed E-state index contributed by atoms with van der Waals surface area (Å²) in [6.07, 6.45) is 1.66. The first-order valence-corrected chi connectivity index (χ1v) is 10.5. The molecule has 0 radical (unpaired) electrons. The molecule has 1 N–H and O–H groups in total. The molecule has 4 rings (SSSR count). The molecule has 0 atom stereocenters. The molecule has 0 saturated heterocycles. The number of thiazole rings is 1. The molecule has 0 saturated carbocycles. The van der Waals surface area contributed by atoms with Gasteiger partial charge in [0.05, 0.1) is 11.1 Å². The molecule has 1 amide bonds. The van der Waals surface area contributed by atoms with Gasteiger partial charge >= 0.3 is 0 Å². The second kappa shape index (κ2) is 7.44. The zero-order chi connectivity index (χ0) is 17.1. The fourth-order valence-corrected chi connectivity index (χ4v) is 5.68. The normalized spacial score (nSPS) is 10.7. The number of nitrogens with one attached hydrogen (secondary N) is 1. The van der Waals surface area contributed by atoms with E-state index in [9.17, 15) is 4.79 Å². The Labute approximate surface area is 159 Å². The Morgan fingerprint density at radius 1 is 1.00 bits per heavy atom. The van der Waals surface area contributed by atoms with Crippen molar-refractivity contribution in [1.29, 1.82) is 0 Å². The maximum absolute atomic E-state index is 12.2. The van der Waals surface area contributed by atoms with Gasteiger partial charge in [-0.05, 0) is 35.3 Å². The molecule has 0 aliphatic heterocycles. The summed E-state index contributed by atoms with van der Waals surface area (Å²) < 4.78 is 1.65. The van der Waals surface area contributed by atoms with Crippen molar-refractivity contribution in [3.05, 3.63) is 59.6 Å². The molecule has 124 valence electrons. The summed E-state index contributed by atoms with van der Waals surface area (Å²) in [6.45, 7) is 0. The van der Waals surface area contributed by atoms with E-state index in [1.54, 1.807) is 29.7 Å². The van der Waals surface area contributed by atoms with Gasteiger partial charge in [0.25, 0.3) is 5.91 Å². The number of benzene rings is 1. The Morgan fingerprint density at radius 3 is 2.68 bits per heavy atom. The van der Waals surface area contributed by atoms with Gasteiger partial charge in [0.1, 0.15) is 5.00 Å². The number of hydrogen-bond acceptors (Lipinski definition) is 8. The first kappa shape index (κ1) is 16.4. The van der Waals surface area contributed by atoms with Crippen LogP contribution < -0.4 is 5.32 Å². The molecule has 4 aromatic rings. The molecule has 25 heavy (non-hydrogen) atoms. The van der Waals surface area contributed by atoms with E-state index in [0.717, 1.165) is 18.6 Å². The van der Waals surface area contributed by atoms with E-state index in [1.807, 2.05) is 35.7 Å². The van der Waals surface area contributed by atoms with Gasteiger partial charge in [0.15, 0.2) is 13.7 Å². The van der Waals surface area contributed by atoms with E-state index in [4.69, 9.17) is 0 Å². The minimum atomic E-state index is -0.142. The lowest BCUT2D eigenvalue weighted by molar-refractivity contribution is 0.102. The maximum atomic E-state index is 12.2. The van der Waals surface area contributed by atoms with Crippen LogP contribution in [0.15, 0.2) is 62.7 Å². The minimum Gasteiger partial charge on any atom is -0.312 e. The summed E-state index contributed by atoms with van der Waals surface area (Å²) in [6, 6.07) is 13.1. The van der Waals surface area contributed by atoms with Gasteiger partial charge in [0.2, 0.25) is 0 Å². The number of carbonyl (C=O) groups excluding carboxylic acids is 1. The summed E-state index contributed by atoms with van der Waals surface area (Å²) in [7, 11) is 0. The van der Waals surface area contributed by atoms with E-state index in [-0.39, 0.29) is 5.91 Å². The number of amides is 1. The molecule has 3 heterocycles. The number of rotatable bonds is 5. The van der Waals surface area contributed by atoms with Crippen LogP contribution in [-0.4, -0.2) is 21.1 Å². The topological polar surface area (TPSA) is 67.8 Å². The van der Waals surface area contributed by atoms with Gasteiger partial charge in [-0.15, -0.1) is 21.5 Å². The number of aromatic nitrogens is 3. The first-order valence-electron chi connectivity index (χ1n) is 7.15. The number of nitrogens with zero attached hydrogens (tertiary/aromatic N) is 3. The molecule has 0 spiro atoms. The first-order chi connectivity index (χ1) is 12.3. The lowest BCUT2D eigenvalue weighted by Crippen LogP contribution is -2.10. The highest BCUT2D eigenvalue weighted by Gasteiger charge is 2.12. The van der Waals surface area contributed by atoms with Gasteiger partial charge in [-0.3, -0.25) is 4.79 Å². The van der Waals surface area contributed by atoms with Crippen LogP contribution in [0.3, 0.4) is 0 Å². The van der Waals surface area contributed by atoms with Crippen molar-refractivity contribution in [2.45, 2.75) is 8.68 Å². The van der Waals surface area contributed by atoms with Crippen LogP contribution in [0, 0.1) is 0 Å². The summed E-state index contributed by atoms with van der Waals surface area (Å²) in [5.41, 5.74) is 0.620. The third-order valence-corrected chi connectivity index (χ3v) is 7.07. The second-order valence-corrected chi connectivity index (χ2v) is 9.21. The highest BCUT2D eigenvalue weighted by atomic mass is 32.2. The predicted molar refractivity (Wildman–Crippen MR) is 104 cm³/mol. The zero-order valence-corrected chi connectivity index (χ0v) is 15.8. The Bertz CT molecular complexity index is 979. The van der Waals surface area contributed by atoms with Gasteiger partial charge in [-0.25, -0.2) is 4.98 Å². The Kier molecular flexibility index (Phi) is 4.88. The lowest BCUT2D eigenvalue weighted by atomic mass is 10.2. The predicted octanol–water partition coefficient (Wildman–Crippen LogP) is 5.13. The number of anilines is 1. The zero-order valence-electron chi connectivity index (χ0n) is 12.6. The molecule has 9 heteroatoms. The Morgan fingerprint density at radius 2 is 1.88 bits per heavy atom. The van der Waals surface area contributed by atoms with Crippen molar-refractivity contribution in [2.24, 2.45) is 0 Å². The van der Waals surface area contributed by atoms with E-state index in [1.165, 1.54) is 34.4 Å². The van der Waals surface area contributed by atoms with Crippen LogP contribution in [0.4, 0.5) is 5.00 Å². The Hall–Kier alpha value is -2.07. The Balaban J connectivity index is 1.42. The highest BCUT2D eigenvalue weighted by Crippen LogP contribution is 2.37. The van der Waals surface area contributed by atoms with Crippen molar-refractivity contribution >= 4 is 56.7 Å². The molecule has 5 nitrogen and oxygen atoms in total. The van der Waals surface area contributed by atoms with Crippen LogP contribution in [-0.2, 0) is 0 Å². The summed E-state index contributed by atoms with van der Waals surface area (Å²) in [5, 5.41) is 14.9. The minimum absolute atomic E-state index is 0.142. The molecular formula is C16H10N4OS4. The average molecular weight is 403 g/mol. The number of thiophene rings is 1. The maximum Gasteiger partial charge on any atom is 0.256 e. The molecule has 0 fully saturated rings. The van der Waals surface area contributed by atoms with Gasteiger partial charge < -0.3 is 5.32 Å².